The molecule has 0 aromatic heterocycles. The Hall–Kier alpha value is -3.62. The van der Waals surface area contributed by atoms with Gasteiger partial charge in [-0.2, -0.15) is 0 Å². The number of hydrogen-bond donors (Lipinski definition) is 1. The number of carbonyl (C=O) groups is 2. The van der Waals surface area contributed by atoms with Gasteiger partial charge in [-0.25, -0.2) is 0 Å². The molecule has 0 spiro atoms. The van der Waals surface area contributed by atoms with Crippen molar-refractivity contribution in [3.05, 3.63) is 57.6 Å². The monoisotopic (exact) mass is 402 g/mol. The summed E-state index contributed by atoms with van der Waals surface area (Å²) >= 11 is 0. The van der Waals surface area contributed by atoms with Crippen LogP contribution in [0, 0.1) is 24.0 Å². The lowest BCUT2D eigenvalue weighted by atomic mass is 10.1. The van der Waals surface area contributed by atoms with E-state index in [1.54, 1.807) is 0 Å². The number of rotatable bonds is 9. The number of methoxy groups -OCH3 is 1. The van der Waals surface area contributed by atoms with Crippen molar-refractivity contribution in [1.29, 1.82) is 0 Å². The number of carbonyl (C=O) groups excluding carboxylic acids is 2. The number of nitro groups is 1. The number of ether oxygens (including phenoxy) is 3. The molecule has 0 unspecified atom stereocenters. The Morgan fingerprint density at radius 3 is 2.55 bits per heavy atom. The van der Waals surface area contributed by atoms with Gasteiger partial charge in [0.05, 0.1) is 30.7 Å². The van der Waals surface area contributed by atoms with Crippen LogP contribution in [0.25, 0.3) is 0 Å². The number of non-ortho nitro benzene ring substituents is 1. The summed E-state index contributed by atoms with van der Waals surface area (Å²) in [6, 6.07) is 9.55. The second-order valence-electron chi connectivity index (χ2n) is 6.22. The number of aryl methyl sites for hydroxylation is 2. The van der Waals surface area contributed by atoms with E-state index in [1.807, 2.05) is 32.0 Å². The molecule has 0 fully saturated rings. The summed E-state index contributed by atoms with van der Waals surface area (Å²) in [5.41, 5.74) is 1.90. The van der Waals surface area contributed by atoms with Crippen LogP contribution in [-0.2, 0) is 14.3 Å². The topological polar surface area (TPSA) is 117 Å². The van der Waals surface area contributed by atoms with Gasteiger partial charge in [0.25, 0.3) is 11.6 Å². The highest BCUT2D eigenvalue weighted by atomic mass is 16.6. The zero-order valence-corrected chi connectivity index (χ0v) is 16.4. The van der Waals surface area contributed by atoms with Crippen LogP contribution in [0.15, 0.2) is 36.4 Å². The second kappa shape index (κ2) is 10.1. The average Bonchev–Trinajstić information content (AvgIpc) is 2.69. The molecule has 9 nitrogen and oxygen atoms in total. The zero-order chi connectivity index (χ0) is 21.4. The highest BCUT2D eigenvalue weighted by Crippen LogP contribution is 2.28. The van der Waals surface area contributed by atoms with E-state index in [4.69, 9.17) is 14.2 Å². The molecule has 29 heavy (non-hydrogen) atoms. The molecule has 9 heteroatoms. The zero-order valence-electron chi connectivity index (χ0n) is 16.4. The van der Waals surface area contributed by atoms with Crippen LogP contribution in [0.3, 0.4) is 0 Å². The maximum absolute atomic E-state index is 12.0. The first-order valence-corrected chi connectivity index (χ1v) is 8.78. The minimum atomic E-state index is -0.646. The number of nitrogens with one attached hydrogen (secondary N) is 1. The molecule has 0 saturated carbocycles. The van der Waals surface area contributed by atoms with Gasteiger partial charge in [-0.05, 0) is 37.1 Å². The van der Waals surface area contributed by atoms with Gasteiger partial charge in [-0.1, -0.05) is 12.1 Å². The van der Waals surface area contributed by atoms with Crippen molar-refractivity contribution in [3.8, 4) is 11.5 Å². The van der Waals surface area contributed by atoms with Crippen LogP contribution in [0.2, 0.25) is 0 Å². The van der Waals surface area contributed by atoms with Gasteiger partial charge in [-0.15, -0.1) is 0 Å². The van der Waals surface area contributed by atoms with Crippen molar-refractivity contribution in [3.63, 3.8) is 0 Å². The predicted molar refractivity (Wildman–Crippen MR) is 105 cm³/mol. The molecule has 0 radical (unpaired) electrons. The molecule has 2 aromatic rings. The van der Waals surface area contributed by atoms with Crippen molar-refractivity contribution in [1.82, 2.24) is 0 Å². The Morgan fingerprint density at radius 2 is 1.86 bits per heavy atom. The van der Waals surface area contributed by atoms with E-state index in [-0.39, 0.29) is 30.2 Å². The van der Waals surface area contributed by atoms with E-state index in [2.05, 4.69) is 5.32 Å². The smallest absolute Gasteiger partial charge is 0.309 e. The SMILES string of the molecule is COc1ccc([N+](=O)[O-])cc1NC(=O)COC(=O)CCOc1cc(C)ccc1C. The van der Waals surface area contributed by atoms with Crippen LogP contribution in [0.4, 0.5) is 11.4 Å². The van der Waals surface area contributed by atoms with Gasteiger partial charge in [0.15, 0.2) is 6.61 Å². The van der Waals surface area contributed by atoms with E-state index in [1.165, 1.54) is 19.2 Å². The van der Waals surface area contributed by atoms with E-state index in [9.17, 15) is 19.7 Å². The van der Waals surface area contributed by atoms with Crippen LogP contribution in [-0.4, -0.2) is 37.1 Å². The maximum atomic E-state index is 12.0. The average molecular weight is 402 g/mol. The molecule has 154 valence electrons. The van der Waals surface area contributed by atoms with Crippen molar-refractivity contribution < 1.29 is 28.7 Å². The van der Waals surface area contributed by atoms with E-state index in [0.717, 1.165) is 17.2 Å². The van der Waals surface area contributed by atoms with Crippen LogP contribution in [0.5, 0.6) is 11.5 Å². The number of benzene rings is 2. The summed E-state index contributed by atoms with van der Waals surface area (Å²) in [5.74, 6) is -0.311. The molecule has 0 aliphatic carbocycles. The first-order valence-electron chi connectivity index (χ1n) is 8.78. The Morgan fingerprint density at radius 1 is 1.10 bits per heavy atom. The van der Waals surface area contributed by atoms with Gasteiger partial charge in [0.2, 0.25) is 0 Å². The van der Waals surface area contributed by atoms with E-state index in [0.29, 0.717) is 5.75 Å². The fourth-order valence-electron chi connectivity index (χ4n) is 2.42. The third kappa shape index (κ3) is 6.49. The number of anilines is 1. The van der Waals surface area contributed by atoms with Gasteiger partial charge >= 0.3 is 5.97 Å². The van der Waals surface area contributed by atoms with Gasteiger partial charge in [0.1, 0.15) is 11.5 Å². The molecule has 0 aliphatic heterocycles. The number of nitro benzene ring substituents is 1. The molecule has 0 bridgehead atoms. The molecule has 0 saturated heterocycles. The Bertz CT molecular complexity index is 912. The molecule has 2 rings (SSSR count). The lowest BCUT2D eigenvalue weighted by molar-refractivity contribution is -0.384. The van der Waals surface area contributed by atoms with Crippen molar-refractivity contribution in [2.75, 3.05) is 25.6 Å². The van der Waals surface area contributed by atoms with Crippen molar-refractivity contribution in [2.45, 2.75) is 20.3 Å². The fraction of sp³-hybridized carbons (Fsp3) is 0.300. The van der Waals surface area contributed by atoms with E-state index >= 15 is 0 Å². The summed E-state index contributed by atoms with van der Waals surface area (Å²) in [6.45, 7) is 3.42. The van der Waals surface area contributed by atoms with E-state index < -0.39 is 23.4 Å². The molecule has 1 N–H and O–H groups in total. The minimum absolute atomic E-state index is 0.0270. The van der Waals surface area contributed by atoms with Crippen LogP contribution >= 0.6 is 0 Å². The Kier molecular flexibility index (Phi) is 7.53. The van der Waals surface area contributed by atoms with Gasteiger partial charge in [0, 0.05) is 12.1 Å². The molecule has 1 amide bonds. The maximum Gasteiger partial charge on any atom is 0.309 e. The number of nitrogens with zero attached hydrogens (tertiary/aromatic N) is 1. The lowest BCUT2D eigenvalue weighted by Gasteiger charge is -2.11. The van der Waals surface area contributed by atoms with Crippen LogP contribution in [0.1, 0.15) is 17.5 Å². The Labute approximate surface area is 167 Å². The quantitative estimate of drug-likeness (QED) is 0.389. The third-order valence-corrected chi connectivity index (χ3v) is 3.94. The summed E-state index contributed by atoms with van der Waals surface area (Å²) in [7, 11) is 1.37. The number of amides is 1. The minimum Gasteiger partial charge on any atom is -0.495 e. The van der Waals surface area contributed by atoms with Gasteiger partial charge in [-0.3, -0.25) is 19.7 Å². The standard InChI is InChI=1S/C20H22N2O7/c1-13-4-5-14(2)18(10-13)28-9-8-20(24)29-12-19(23)21-16-11-15(22(25)26)6-7-17(16)27-3/h4-7,10-11H,8-9,12H2,1-3H3,(H,21,23). The molecule has 2 aromatic carbocycles. The Balaban J connectivity index is 1.81. The highest BCUT2D eigenvalue weighted by molar-refractivity contribution is 5.94. The summed E-state index contributed by atoms with van der Waals surface area (Å²) < 4.78 is 15.5. The van der Waals surface area contributed by atoms with Gasteiger partial charge < -0.3 is 19.5 Å². The molecule has 0 aliphatic rings. The predicted octanol–water partition coefficient (Wildman–Crippen LogP) is 3.17. The highest BCUT2D eigenvalue weighted by Gasteiger charge is 2.15. The summed E-state index contributed by atoms with van der Waals surface area (Å²) in [6.07, 6.45) is -0.0270. The van der Waals surface area contributed by atoms with Crippen molar-refractivity contribution in [2.24, 2.45) is 0 Å². The second-order valence-corrected chi connectivity index (χ2v) is 6.22. The third-order valence-electron chi connectivity index (χ3n) is 3.94. The molecule has 0 atom stereocenters. The largest absolute Gasteiger partial charge is 0.495 e. The fourth-order valence-corrected chi connectivity index (χ4v) is 2.42. The normalized spacial score (nSPS) is 10.2. The summed E-state index contributed by atoms with van der Waals surface area (Å²) in [5, 5.41) is 13.3. The first-order chi connectivity index (χ1) is 13.8. The number of esters is 1. The molecular formula is C20H22N2O7. The summed E-state index contributed by atoms with van der Waals surface area (Å²) in [4.78, 5) is 34.1. The molecular weight excluding hydrogens is 380 g/mol. The lowest BCUT2D eigenvalue weighted by Crippen LogP contribution is -2.22. The number of hydrogen-bond acceptors (Lipinski definition) is 7. The van der Waals surface area contributed by atoms with Crippen LogP contribution < -0.4 is 14.8 Å². The van der Waals surface area contributed by atoms with Crippen molar-refractivity contribution >= 4 is 23.3 Å². The molecule has 0 heterocycles. The first kappa shape index (κ1) is 21.7.